The lowest BCUT2D eigenvalue weighted by Crippen LogP contribution is -2.20. The zero-order chi connectivity index (χ0) is 12.8. The van der Waals surface area contributed by atoms with Gasteiger partial charge < -0.3 is 4.74 Å². The summed E-state index contributed by atoms with van der Waals surface area (Å²) in [5, 5.41) is 0.691. The fraction of sp³-hybridized carbons (Fsp3) is 0.533. The fourth-order valence-electron chi connectivity index (χ4n) is 2.32. The number of rotatable bonds is 5. The molecule has 2 rings (SSSR count). The van der Waals surface area contributed by atoms with Gasteiger partial charge in [0.15, 0.2) is 0 Å². The number of ether oxygens (including phenoxy) is 1. The average Bonchev–Trinajstić information content (AvgIpc) is 2.38. The first-order chi connectivity index (χ1) is 8.74. The van der Waals surface area contributed by atoms with Crippen molar-refractivity contribution in [1.29, 1.82) is 0 Å². The Balaban J connectivity index is 1.74. The minimum Gasteiger partial charge on any atom is -0.378 e. The molecule has 2 nitrogen and oxygen atoms in total. The van der Waals surface area contributed by atoms with Crippen molar-refractivity contribution in [2.75, 3.05) is 6.61 Å². The highest BCUT2D eigenvalue weighted by molar-refractivity contribution is 6.30. The molecule has 3 heteroatoms. The van der Waals surface area contributed by atoms with E-state index in [2.05, 4.69) is 0 Å². The van der Waals surface area contributed by atoms with Crippen molar-refractivity contribution in [3.05, 3.63) is 34.9 Å². The molecule has 18 heavy (non-hydrogen) atoms. The first-order valence-corrected chi connectivity index (χ1v) is 6.99. The third-order valence-electron chi connectivity index (χ3n) is 3.31. The Hall–Kier alpha value is -0.860. The van der Waals surface area contributed by atoms with E-state index in [0.717, 1.165) is 31.4 Å². The highest BCUT2D eigenvalue weighted by Gasteiger charge is 2.15. The van der Waals surface area contributed by atoms with E-state index in [-0.39, 0.29) is 5.78 Å². The number of halogens is 1. The van der Waals surface area contributed by atoms with Gasteiger partial charge in [-0.2, -0.15) is 0 Å². The summed E-state index contributed by atoms with van der Waals surface area (Å²) in [6, 6.07) is 7.51. The molecule has 0 aromatic heterocycles. The SMILES string of the molecule is O=C(CCC1CCCCO1)Cc1cccc(Cl)c1. The van der Waals surface area contributed by atoms with Gasteiger partial charge in [0.05, 0.1) is 6.10 Å². The summed E-state index contributed by atoms with van der Waals surface area (Å²) in [7, 11) is 0. The molecular formula is C15H19ClO2. The van der Waals surface area contributed by atoms with E-state index >= 15 is 0 Å². The quantitative estimate of drug-likeness (QED) is 0.810. The highest BCUT2D eigenvalue weighted by Crippen LogP contribution is 2.18. The Bertz CT molecular complexity index is 397. The maximum Gasteiger partial charge on any atom is 0.137 e. The fourth-order valence-corrected chi connectivity index (χ4v) is 2.53. The van der Waals surface area contributed by atoms with Crippen LogP contribution in [0, 0.1) is 0 Å². The lowest BCUT2D eigenvalue weighted by molar-refractivity contribution is -0.119. The van der Waals surface area contributed by atoms with E-state index in [4.69, 9.17) is 16.3 Å². The van der Waals surface area contributed by atoms with Crippen LogP contribution in [0.2, 0.25) is 5.02 Å². The molecule has 1 unspecified atom stereocenters. The Morgan fingerprint density at radius 2 is 2.28 bits per heavy atom. The number of carbonyl (C=O) groups excluding carboxylic acids is 1. The van der Waals surface area contributed by atoms with Crippen molar-refractivity contribution in [1.82, 2.24) is 0 Å². The molecule has 0 bridgehead atoms. The Morgan fingerprint density at radius 1 is 1.39 bits per heavy atom. The smallest absolute Gasteiger partial charge is 0.137 e. The van der Waals surface area contributed by atoms with Crippen molar-refractivity contribution in [3.8, 4) is 0 Å². The van der Waals surface area contributed by atoms with Crippen molar-refractivity contribution >= 4 is 17.4 Å². The van der Waals surface area contributed by atoms with Crippen LogP contribution in [0.3, 0.4) is 0 Å². The number of ketones is 1. The average molecular weight is 267 g/mol. The maximum absolute atomic E-state index is 11.9. The van der Waals surface area contributed by atoms with E-state index in [1.807, 2.05) is 24.3 Å². The minimum absolute atomic E-state index is 0.270. The molecule has 1 fully saturated rings. The zero-order valence-electron chi connectivity index (χ0n) is 10.5. The van der Waals surface area contributed by atoms with Crippen LogP contribution in [-0.2, 0) is 16.0 Å². The van der Waals surface area contributed by atoms with E-state index < -0.39 is 0 Å². The number of hydrogen-bond acceptors (Lipinski definition) is 2. The van der Waals surface area contributed by atoms with Crippen LogP contribution in [-0.4, -0.2) is 18.5 Å². The molecule has 1 atom stereocenters. The van der Waals surface area contributed by atoms with Crippen LogP contribution < -0.4 is 0 Å². The summed E-state index contributed by atoms with van der Waals surface area (Å²) in [6.45, 7) is 0.854. The summed E-state index contributed by atoms with van der Waals surface area (Å²) < 4.78 is 5.62. The minimum atomic E-state index is 0.270. The third kappa shape index (κ3) is 4.43. The van der Waals surface area contributed by atoms with Crippen molar-refractivity contribution < 1.29 is 9.53 Å². The predicted molar refractivity (Wildman–Crippen MR) is 73.0 cm³/mol. The van der Waals surface area contributed by atoms with Gasteiger partial charge in [-0.3, -0.25) is 4.79 Å². The number of carbonyl (C=O) groups is 1. The standard InChI is InChI=1S/C15H19ClO2/c16-13-5-3-4-12(10-13)11-14(17)7-8-15-6-1-2-9-18-15/h3-5,10,15H,1-2,6-9,11H2. The molecule has 1 saturated heterocycles. The van der Waals surface area contributed by atoms with Crippen LogP contribution in [0.15, 0.2) is 24.3 Å². The van der Waals surface area contributed by atoms with E-state index in [1.165, 1.54) is 6.42 Å². The van der Waals surface area contributed by atoms with Crippen LogP contribution in [0.4, 0.5) is 0 Å². The molecule has 1 aromatic carbocycles. The van der Waals surface area contributed by atoms with Gasteiger partial charge >= 0.3 is 0 Å². The largest absolute Gasteiger partial charge is 0.378 e. The lowest BCUT2D eigenvalue weighted by atomic mass is 10.0. The van der Waals surface area contributed by atoms with Crippen LogP contribution >= 0.6 is 11.6 Å². The lowest BCUT2D eigenvalue weighted by Gasteiger charge is -2.22. The second-order valence-corrected chi connectivity index (χ2v) is 5.31. The first-order valence-electron chi connectivity index (χ1n) is 6.62. The third-order valence-corrected chi connectivity index (χ3v) is 3.54. The summed E-state index contributed by atoms with van der Waals surface area (Å²) >= 11 is 5.90. The molecule has 1 aromatic rings. The van der Waals surface area contributed by atoms with Gasteiger partial charge in [-0.15, -0.1) is 0 Å². The summed E-state index contributed by atoms with van der Waals surface area (Å²) in [5.41, 5.74) is 0.997. The van der Waals surface area contributed by atoms with Crippen molar-refractivity contribution in [3.63, 3.8) is 0 Å². The second-order valence-electron chi connectivity index (χ2n) is 4.87. The molecular weight excluding hydrogens is 248 g/mol. The number of hydrogen-bond donors (Lipinski definition) is 0. The van der Waals surface area contributed by atoms with Gasteiger partial charge in [0.1, 0.15) is 5.78 Å². The molecule has 1 aliphatic heterocycles. The van der Waals surface area contributed by atoms with Crippen LogP contribution in [0.1, 0.15) is 37.7 Å². The molecule has 0 spiro atoms. The predicted octanol–water partition coefficient (Wildman–Crippen LogP) is 3.80. The van der Waals surface area contributed by atoms with E-state index in [1.54, 1.807) is 0 Å². The molecule has 0 radical (unpaired) electrons. The topological polar surface area (TPSA) is 26.3 Å². The van der Waals surface area contributed by atoms with Gasteiger partial charge in [-0.05, 0) is 43.4 Å². The Kier molecular flexibility index (Phi) is 5.21. The second kappa shape index (κ2) is 6.91. The Morgan fingerprint density at radius 3 is 3.00 bits per heavy atom. The van der Waals surface area contributed by atoms with Crippen LogP contribution in [0.25, 0.3) is 0 Å². The zero-order valence-corrected chi connectivity index (χ0v) is 11.3. The molecule has 1 aliphatic rings. The first kappa shape index (κ1) is 13.6. The van der Waals surface area contributed by atoms with Crippen LogP contribution in [0.5, 0.6) is 0 Å². The summed E-state index contributed by atoms with van der Waals surface area (Å²) in [5.74, 6) is 0.270. The van der Waals surface area contributed by atoms with Gasteiger partial charge in [-0.25, -0.2) is 0 Å². The molecule has 1 heterocycles. The highest BCUT2D eigenvalue weighted by atomic mass is 35.5. The van der Waals surface area contributed by atoms with Gasteiger partial charge in [0.25, 0.3) is 0 Å². The molecule has 98 valence electrons. The van der Waals surface area contributed by atoms with Gasteiger partial charge in [-0.1, -0.05) is 23.7 Å². The molecule has 0 aliphatic carbocycles. The normalized spacial score (nSPS) is 19.7. The van der Waals surface area contributed by atoms with Gasteiger partial charge in [0.2, 0.25) is 0 Å². The van der Waals surface area contributed by atoms with Crippen molar-refractivity contribution in [2.45, 2.75) is 44.6 Å². The van der Waals surface area contributed by atoms with E-state index in [9.17, 15) is 4.79 Å². The maximum atomic E-state index is 11.9. The Labute approximate surface area is 113 Å². The van der Waals surface area contributed by atoms with Crippen molar-refractivity contribution in [2.24, 2.45) is 0 Å². The molecule has 0 amide bonds. The summed E-state index contributed by atoms with van der Waals surface area (Å²) in [6.07, 6.45) is 5.73. The van der Waals surface area contributed by atoms with E-state index in [0.29, 0.717) is 24.0 Å². The molecule has 0 saturated carbocycles. The number of benzene rings is 1. The monoisotopic (exact) mass is 266 g/mol. The molecule has 0 N–H and O–H groups in total. The van der Waals surface area contributed by atoms with Gasteiger partial charge in [0, 0.05) is 24.5 Å². The summed E-state index contributed by atoms with van der Waals surface area (Å²) in [4.78, 5) is 11.9. The number of Topliss-reactive ketones (excluding diaryl/α,β-unsaturated/α-hetero) is 1.